The van der Waals surface area contributed by atoms with Gasteiger partial charge in [-0.2, -0.15) is 0 Å². The third-order valence-corrected chi connectivity index (χ3v) is 6.37. The predicted molar refractivity (Wildman–Crippen MR) is 139 cm³/mol. The molecule has 0 bridgehead atoms. The van der Waals surface area contributed by atoms with Gasteiger partial charge in [-0.1, -0.05) is 59.8 Å². The Morgan fingerprint density at radius 2 is 1.65 bits per heavy atom. The molecule has 1 amide bonds. The first kappa shape index (κ1) is 24.4. The third-order valence-electron chi connectivity index (χ3n) is 6.37. The number of aryl methyl sites for hydroxylation is 1. The monoisotopic (exact) mass is 498 g/mol. The minimum absolute atomic E-state index is 0.131. The van der Waals surface area contributed by atoms with Gasteiger partial charge in [-0.3, -0.25) is 4.79 Å². The van der Waals surface area contributed by atoms with Gasteiger partial charge < -0.3 is 19.1 Å². The molecule has 0 saturated carbocycles. The van der Waals surface area contributed by atoms with Crippen LogP contribution in [0.5, 0.6) is 17.2 Å². The van der Waals surface area contributed by atoms with Gasteiger partial charge in [-0.15, -0.1) is 5.10 Å². The van der Waals surface area contributed by atoms with Crippen molar-refractivity contribution in [3.05, 3.63) is 102 Å². The van der Waals surface area contributed by atoms with E-state index in [1.165, 1.54) is 0 Å². The zero-order valence-electron chi connectivity index (χ0n) is 20.8. The van der Waals surface area contributed by atoms with Crippen molar-refractivity contribution >= 4 is 5.91 Å². The highest BCUT2D eigenvalue weighted by atomic mass is 16.5. The summed E-state index contributed by atoms with van der Waals surface area (Å²) in [5, 5.41) is 8.43. The normalized spacial score (nSPS) is 13.2. The lowest BCUT2D eigenvalue weighted by atomic mass is 10.1. The Kier molecular flexibility index (Phi) is 7.64. The van der Waals surface area contributed by atoms with Crippen LogP contribution in [0.1, 0.15) is 29.3 Å². The summed E-state index contributed by atoms with van der Waals surface area (Å²) in [5.41, 5.74) is 2.88. The lowest BCUT2D eigenvalue weighted by Gasteiger charge is -2.39. The van der Waals surface area contributed by atoms with E-state index in [0.717, 1.165) is 22.6 Å². The molecule has 8 heteroatoms. The second kappa shape index (κ2) is 11.6. The van der Waals surface area contributed by atoms with E-state index >= 15 is 0 Å². The van der Waals surface area contributed by atoms with Gasteiger partial charge >= 0.3 is 0 Å². The van der Waals surface area contributed by atoms with Crippen LogP contribution in [0, 0.1) is 0 Å². The number of rotatable bonds is 11. The fourth-order valence-electron chi connectivity index (χ4n) is 4.19. The summed E-state index contributed by atoms with van der Waals surface area (Å²) in [6.07, 6.45) is 2.96. The largest absolute Gasteiger partial charge is 0.493 e. The van der Waals surface area contributed by atoms with Gasteiger partial charge in [0.25, 0.3) is 0 Å². The maximum absolute atomic E-state index is 12.8. The number of nitrogens with zero attached hydrogens (tertiary/aromatic N) is 4. The Hall–Kier alpha value is -4.33. The van der Waals surface area contributed by atoms with Gasteiger partial charge in [0.1, 0.15) is 24.7 Å². The molecular formula is C29H30N4O4. The second-order valence-corrected chi connectivity index (χ2v) is 9.00. The highest BCUT2D eigenvalue weighted by Gasteiger charge is 2.32. The van der Waals surface area contributed by atoms with E-state index in [1.807, 2.05) is 94.6 Å². The topological polar surface area (TPSA) is 78.7 Å². The number of hydrogen-bond acceptors (Lipinski definition) is 6. The molecule has 5 rings (SSSR count). The molecule has 0 unspecified atom stereocenters. The summed E-state index contributed by atoms with van der Waals surface area (Å²) in [7, 11) is 1.63. The van der Waals surface area contributed by atoms with Crippen molar-refractivity contribution < 1.29 is 19.0 Å². The van der Waals surface area contributed by atoms with Crippen LogP contribution in [0.25, 0.3) is 0 Å². The van der Waals surface area contributed by atoms with Crippen LogP contribution >= 0.6 is 0 Å². The molecule has 0 radical (unpaired) electrons. The average molecular weight is 499 g/mol. The molecule has 0 atom stereocenters. The number of methoxy groups -OCH3 is 1. The second-order valence-electron chi connectivity index (χ2n) is 9.00. The fourth-order valence-corrected chi connectivity index (χ4v) is 4.19. The first-order valence-electron chi connectivity index (χ1n) is 12.4. The number of carbonyl (C=O) groups is 1. The maximum atomic E-state index is 12.8. The summed E-state index contributed by atoms with van der Waals surface area (Å²) >= 11 is 0. The van der Waals surface area contributed by atoms with E-state index in [-0.39, 0.29) is 11.9 Å². The molecule has 1 aromatic heterocycles. The zero-order valence-corrected chi connectivity index (χ0v) is 20.8. The SMILES string of the molecule is COc1ccc(CCC(=O)N2CC(n3cc(COc4ccccc4)nn3)C2)cc1OCc1ccccc1. The van der Waals surface area contributed by atoms with Crippen LogP contribution in [-0.2, 0) is 24.4 Å². The summed E-state index contributed by atoms with van der Waals surface area (Å²) < 4.78 is 19.0. The van der Waals surface area contributed by atoms with Crippen molar-refractivity contribution in [2.24, 2.45) is 0 Å². The first-order valence-corrected chi connectivity index (χ1v) is 12.4. The van der Waals surface area contributed by atoms with Crippen LogP contribution in [0.3, 0.4) is 0 Å². The Balaban J connectivity index is 1.08. The summed E-state index contributed by atoms with van der Waals surface area (Å²) in [6, 6.07) is 25.6. The molecule has 1 aliphatic rings. The Bertz CT molecular complexity index is 1300. The van der Waals surface area contributed by atoms with Crippen molar-refractivity contribution in [3.8, 4) is 17.2 Å². The molecular weight excluding hydrogens is 468 g/mol. The Morgan fingerprint density at radius 3 is 2.41 bits per heavy atom. The van der Waals surface area contributed by atoms with Crippen molar-refractivity contribution in [2.45, 2.75) is 32.1 Å². The summed E-state index contributed by atoms with van der Waals surface area (Å²) in [6.45, 7) is 2.08. The van der Waals surface area contributed by atoms with E-state index in [0.29, 0.717) is 50.6 Å². The maximum Gasteiger partial charge on any atom is 0.223 e. The van der Waals surface area contributed by atoms with Crippen LogP contribution in [0.15, 0.2) is 85.1 Å². The first-order chi connectivity index (χ1) is 18.2. The van der Waals surface area contributed by atoms with Crippen LogP contribution in [-0.4, -0.2) is 46.0 Å². The molecule has 37 heavy (non-hydrogen) atoms. The van der Waals surface area contributed by atoms with E-state index in [2.05, 4.69) is 10.3 Å². The number of likely N-dealkylation sites (tertiary alicyclic amines) is 1. The van der Waals surface area contributed by atoms with E-state index in [9.17, 15) is 4.79 Å². The highest BCUT2D eigenvalue weighted by Crippen LogP contribution is 2.30. The number of para-hydroxylation sites is 1. The van der Waals surface area contributed by atoms with Gasteiger partial charge in [0, 0.05) is 19.5 Å². The van der Waals surface area contributed by atoms with Crippen LogP contribution in [0.4, 0.5) is 0 Å². The summed E-state index contributed by atoms with van der Waals surface area (Å²) in [4.78, 5) is 14.6. The van der Waals surface area contributed by atoms with Gasteiger partial charge in [-0.05, 0) is 41.8 Å². The zero-order chi connectivity index (χ0) is 25.5. The lowest BCUT2D eigenvalue weighted by Crippen LogP contribution is -2.51. The molecule has 3 aromatic carbocycles. The standard InChI is InChI=1S/C29H30N4O4/c1-35-27-14-12-22(16-28(27)37-20-23-8-4-2-5-9-23)13-15-29(34)32-18-25(19-32)33-17-24(30-31-33)21-36-26-10-6-3-7-11-26/h2-12,14,16-17,25H,13,15,18-21H2,1H3. The third kappa shape index (κ3) is 6.27. The van der Waals surface area contributed by atoms with Gasteiger partial charge in [0.2, 0.25) is 5.91 Å². The molecule has 1 fully saturated rings. The van der Waals surface area contributed by atoms with Crippen LogP contribution in [0.2, 0.25) is 0 Å². The average Bonchev–Trinajstić information content (AvgIpc) is 3.38. The van der Waals surface area contributed by atoms with Crippen molar-refractivity contribution in [1.29, 1.82) is 0 Å². The lowest BCUT2D eigenvalue weighted by molar-refractivity contribution is -0.137. The molecule has 2 heterocycles. The number of hydrogen-bond donors (Lipinski definition) is 0. The fraction of sp³-hybridized carbons (Fsp3) is 0.276. The molecule has 8 nitrogen and oxygen atoms in total. The molecule has 4 aromatic rings. The highest BCUT2D eigenvalue weighted by molar-refractivity contribution is 5.77. The molecule has 0 N–H and O–H groups in total. The van der Waals surface area contributed by atoms with Gasteiger partial charge in [0.15, 0.2) is 11.5 Å². The molecule has 0 aliphatic carbocycles. The smallest absolute Gasteiger partial charge is 0.223 e. The number of ether oxygens (including phenoxy) is 3. The molecule has 1 saturated heterocycles. The minimum Gasteiger partial charge on any atom is -0.493 e. The number of aromatic nitrogens is 3. The molecule has 0 spiro atoms. The van der Waals surface area contributed by atoms with Crippen molar-refractivity contribution in [3.63, 3.8) is 0 Å². The number of benzene rings is 3. The van der Waals surface area contributed by atoms with E-state index < -0.39 is 0 Å². The van der Waals surface area contributed by atoms with Crippen molar-refractivity contribution in [2.75, 3.05) is 20.2 Å². The van der Waals surface area contributed by atoms with E-state index in [1.54, 1.807) is 7.11 Å². The van der Waals surface area contributed by atoms with Crippen LogP contribution < -0.4 is 14.2 Å². The minimum atomic E-state index is 0.131. The number of amides is 1. The summed E-state index contributed by atoms with van der Waals surface area (Å²) in [5.74, 6) is 2.28. The van der Waals surface area contributed by atoms with Crippen molar-refractivity contribution in [1.82, 2.24) is 19.9 Å². The predicted octanol–water partition coefficient (Wildman–Crippen LogP) is 4.46. The van der Waals surface area contributed by atoms with Gasteiger partial charge in [-0.25, -0.2) is 4.68 Å². The molecule has 1 aliphatic heterocycles. The Labute approximate surface area is 216 Å². The molecule has 190 valence electrons. The Morgan fingerprint density at radius 1 is 0.892 bits per heavy atom. The van der Waals surface area contributed by atoms with E-state index in [4.69, 9.17) is 14.2 Å². The quantitative estimate of drug-likeness (QED) is 0.304. The number of carbonyl (C=O) groups excluding carboxylic acids is 1. The van der Waals surface area contributed by atoms with Gasteiger partial charge in [0.05, 0.1) is 19.3 Å².